The molecule has 3 rings (SSSR count). The lowest BCUT2D eigenvalue weighted by Crippen LogP contribution is -2.08. The van der Waals surface area contributed by atoms with Gasteiger partial charge in [-0.15, -0.1) is 0 Å². The van der Waals surface area contributed by atoms with Crippen LogP contribution < -0.4 is 14.2 Å². The van der Waals surface area contributed by atoms with Crippen molar-refractivity contribution in [1.29, 1.82) is 0 Å². The highest BCUT2D eigenvalue weighted by Gasteiger charge is 2.21. The number of aromatic nitrogens is 2. The molecule has 0 aliphatic carbocycles. The van der Waals surface area contributed by atoms with Gasteiger partial charge in [0.05, 0.1) is 0 Å². The fourth-order valence-electron chi connectivity index (χ4n) is 2.12. The van der Waals surface area contributed by atoms with Crippen molar-refractivity contribution >= 4 is 5.97 Å². The number of imidazole rings is 1. The second kappa shape index (κ2) is 5.35. The first-order valence-electron chi connectivity index (χ1n) is 6.48. The maximum Gasteiger partial charge on any atom is 0.339 e. The summed E-state index contributed by atoms with van der Waals surface area (Å²) >= 11 is 0. The lowest BCUT2D eigenvalue weighted by Gasteiger charge is -2.11. The van der Waals surface area contributed by atoms with Crippen molar-refractivity contribution in [2.24, 2.45) is 0 Å². The van der Waals surface area contributed by atoms with Gasteiger partial charge in [-0.05, 0) is 6.92 Å². The molecule has 2 aromatic rings. The minimum Gasteiger partial charge on any atom is -0.485 e. The van der Waals surface area contributed by atoms with Gasteiger partial charge in [0.1, 0.15) is 23.7 Å². The van der Waals surface area contributed by atoms with Crippen LogP contribution in [0.1, 0.15) is 23.1 Å². The molecule has 0 amide bonds. The number of aryl methyl sites for hydroxylation is 1. The quantitative estimate of drug-likeness (QED) is 0.905. The summed E-state index contributed by atoms with van der Waals surface area (Å²) in [6.45, 7) is 3.03. The molecule has 0 saturated heterocycles. The van der Waals surface area contributed by atoms with Gasteiger partial charge in [-0.25, -0.2) is 9.78 Å². The second-order valence-electron chi connectivity index (χ2n) is 4.42. The number of carboxylic acid groups (broad SMARTS) is 1. The molecule has 0 spiro atoms. The molecule has 0 saturated carbocycles. The Morgan fingerprint density at radius 1 is 1.43 bits per heavy atom. The largest absolute Gasteiger partial charge is 0.485 e. The summed E-state index contributed by atoms with van der Waals surface area (Å²) in [5.74, 6) is 0.773. The van der Waals surface area contributed by atoms with Crippen molar-refractivity contribution in [3.05, 3.63) is 35.9 Å². The Labute approximate surface area is 120 Å². The predicted molar refractivity (Wildman–Crippen MR) is 71.8 cm³/mol. The van der Waals surface area contributed by atoms with Crippen LogP contribution in [0.25, 0.3) is 0 Å². The van der Waals surface area contributed by atoms with Crippen LogP contribution in [0.5, 0.6) is 17.2 Å². The maximum atomic E-state index is 11.3. The number of aromatic carboxylic acids is 1. The highest BCUT2D eigenvalue weighted by Crippen LogP contribution is 2.38. The number of carboxylic acids is 1. The van der Waals surface area contributed by atoms with Gasteiger partial charge in [-0.3, -0.25) is 0 Å². The smallest absolute Gasteiger partial charge is 0.339 e. The Morgan fingerprint density at radius 2 is 2.19 bits per heavy atom. The van der Waals surface area contributed by atoms with E-state index in [1.54, 1.807) is 6.20 Å². The average Bonchev–Trinajstić information content (AvgIpc) is 3.11. The van der Waals surface area contributed by atoms with Crippen molar-refractivity contribution in [3.63, 3.8) is 0 Å². The molecule has 110 valence electrons. The molecule has 0 fully saturated rings. The summed E-state index contributed by atoms with van der Waals surface area (Å²) in [7, 11) is 0. The van der Waals surface area contributed by atoms with Gasteiger partial charge < -0.3 is 23.9 Å². The number of fused-ring (bicyclic) bond motifs is 1. The van der Waals surface area contributed by atoms with E-state index in [2.05, 4.69) is 4.98 Å². The Kier molecular flexibility index (Phi) is 3.39. The van der Waals surface area contributed by atoms with Crippen LogP contribution in [0.3, 0.4) is 0 Å². The molecule has 0 atom stereocenters. The first-order chi connectivity index (χ1) is 10.2. The molecule has 1 aromatic carbocycles. The number of ether oxygens (including phenoxy) is 3. The van der Waals surface area contributed by atoms with Crippen LogP contribution in [0.2, 0.25) is 0 Å². The Bertz CT molecular complexity index is 680. The molecule has 2 heterocycles. The molecular formula is C14H14N2O5. The first kappa shape index (κ1) is 13.3. The number of rotatable bonds is 5. The van der Waals surface area contributed by atoms with Crippen molar-refractivity contribution < 1.29 is 24.1 Å². The molecule has 1 N–H and O–H groups in total. The normalized spacial score (nSPS) is 12.4. The zero-order chi connectivity index (χ0) is 14.8. The summed E-state index contributed by atoms with van der Waals surface area (Å²) < 4.78 is 17.9. The van der Waals surface area contributed by atoms with Crippen LogP contribution in [-0.2, 0) is 13.2 Å². The number of benzene rings is 1. The topological polar surface area (TPSA) is 82.8 Å². The van der Waals surface area contributed by atoms with Gasteiger partial charge in [0.15, 0.2) is 11.5 Å². The number of carbonyl (C=O) groups is 1. The molecule has 21 heavy (non-hydrogen) atoms. The summed E-state index contributed by atoms with van der Waals surface area (Å²) in [4.78, 5) is 15.5. The van der Waals surface area contributed by atoms with E-state index in [-0.39, 0.29) is 24.7 Å². The number of nitrogens with zero attached hydrogens (tertiary/aromatic N) is 2. The molecule has 0 unspecified atom stereocenters. The van der Waals surface area contributed by atoms with Gasteiger partial charge in [-0.2, -0.15) is 0 Å². The van der Waals surface area contributed by atoms with Crippen molar-refractivity contribution in [3.8, 4) is 17.2 Å². The molecule has 0 bridgehead atoms. The van der Waals surface area contributed by atoms with Crippen molar-refractivity contribution in [2.45, 2.75) is 20.1 Å². The van der Waals surface area contributed by atoms with Crippen molar-refractivity contribution in [1.82, 2.24) is 9.55 Å². The fraction of sp³-hybridized carbons (Fsp3) is 0.286. The van der Waals surface area contributed by atoms with E-state index in [1.807, 2.05) is 17.7 Å². The van der Waals surface area contributed by atoms with Crippen LogP contribution in [0, 0.1) is 0 Å². The Morgan fingerprint density at radius 3 is 2.90 bits per heavy atom. The predicted octanol–water partition coefficient (Wildman–Crippen LogP) is 1.91. The summed E-state index contributed by atoms with van der Waals surface area (Å²) in [5, 5.41) is 9.26. The van der Waals surface area contributed by atoms with E-state index in [0.29, 0.717) is 11.5 Å². The van der Waals surface area contributed by atoms with Crippen LogP contribution in [0.15, 0.2) is 24.5 Å². The Hall–Kier alpha value is -2.70. The standard InChI is InChI=1S/C14H14N2O5/c1-2-16-4-3-15-13(16)7-19-10-6-12-11(20-8-21-12)5-9(10)14(17)18/h3-6H,2,7-8H2,1H3,(H,17,18). The van der Waals surface area contributed by atoms with Gasteiger partial charge in [-0.1, -0.05) is 0 Å². The zero-order valence-corrected chi connectivity index (χ0v) is 11.4. The second-order valence-corrected chi connectivity index (χ2v) is 4.42. The summed E-state index contributed by atoms with van der Waals surface area (Å²) in [6, 6.07) is 2.94. The number of hydrogen-bond acceptors (Lipinski definition) is 5. The lowest BCUT2D eigenvalue weighted by atomic mass is 10.2. The van der Waals surface area contributed by atoms with E-state index in [4.69, 9.17) is 14.2 Å². The number of hydrogen-bond donors (Lipinski definition) is 1. The van der Waals surface area contributed by atoms with Crippen molar-refractivity contribution in [2.75, 3.05) is 6.79 Å². The van der Waals surface area contributed by atoms with Gasteiger partial charge >= 0.3 is 5.97 Å². The highest BCUT2D eigenvalue weighted by atomic mass is 16.7. The maximum absolute atomic E-state index is 11.3. The monoisotopic (exact) mass is 290 g/mol. The van der Waals surface area contributed by atoms with E-state index >= 15 is 0 Å². The van der Waals surface area contributed by atoms with Crippen LogP contribution in [0.4, 0.5) is 0 Å². The lowest BCUT2D eigenvalue weighted by molar-refractivity contribution is 0.0691. The van der Waals surface area contributed by atoms with E-state index in [9.17, 15) is 9.90 Å². The molecule has 1 aliphatic heterocycles. The minimum absolute atomic E-state index is 0.0360. The first-order valence-corrected chi connectivity index (χ1v) is 6.48. The molecule has 7 nitrogen and oxygen atoms in total. The van der Waals surface area contributed by atoms with Crippen LogP contribution in [-0.4, -0.2) is 27.4 Å². The zero-order valence-electron chi connectivity index (χ0n) is 11.4. The van der Waals surface area contributed by atoms with Gasteiger partial charge in [0.2, 0.25) is 6.79 Å². The van der Waals surface area contributed by atoms with E-state index in [0.717, 1.165) is 12.4 Å². The Balaban J connectivity index is 1.86. The molecule has 1 aromatic heterocycles. The van der Waals surface area contributed by atoms with E-state index < -0.39 is 5.97 Å². The van der Waals surface area contributed by atoms with Gasteiger partial charge in [0.25, 0.3) is 0 Å². The molecule has 1 aliphatic rings. The molecule has 7 heteroatoms. The summed E-state index contributed by atoms with van der Waals surface area (Å²) in [6.07, 6.45) is 3.52. The average molecular weight is 290 g/mol. The third kappa shape index (κ3) is 2.49. The van der Waals surface area contributed by atoms with Crippen LogP contribution >= 0.6 is 0 Å². The SMILES string of the molecule is CCn1ccnc1COc1cc2c(cc1C(=O)O)OCO2. The highest BCUT2D eigenvalue weighted by molar-refractivity contribution is 5.92. The van der Waals surface area contributed by atoms with E-state index in [1.165, 1.54) is 12.1 Å². The summed E-state index contributed by atoms with van der Waals surface area (Å²) in [5.41, 5.74) is 0.0360. The fourth-order valence-corrected chi connectivity index (χ4v) is 2.12. The third-order valence-corrected chi connectivity index (χ3v) is 3.20. The third-order valence-electron chi connectivity index (χ3n) is 3.20. The molecular weight excluding hydrogens is 276 g/mol. The molecule has 0 radical (unpaired) electrons. The minimum atomic E-state index is -1.08. The van der Waals surface area contributed by atoms with Gasteiger partial charge in [0, 0.05) is 31.1 Å².